The van der Waals surface area contributed by atoms with E-state index in [9.17, 15) is 4.79 Å². The number of carbonyl (C=O) groups is 1. The van der Waals surface area contributed by atoms with E-state index in [-0.39, 0.29) is 17.5 Å². The molecule has 0 spiro atoms. The van der Waals surface area contributed by atoms with Crippen LogP contribution in [0, 0.1) is 0 Å². The van der Waals surface area contributed by atoms with Gasteiger partial charge in [0.05, 0.1) is 13.3 Å². The van der Waals surface area contributed by atoms with Crippen molar-refractivity contribution in [3.05, 3.63) is 66.6 Å². The lowest BCUT2D eigenvalue weighted by Gasteiger charge is -2.31. The van der Waals surface area contributed by atoms with E-state index < -0.39 is 0 Å². The van der Waals surface area contributed by atoms with E-state index in [0.29, 0.717) is 37.3 Å². The summed E-state index contributed by atoms with van der Waals surface area (Å²) in [7, 11) is 1.70. The van der Waals surface area contributed by atoms with Crippen molar-refractivity contribution in [3.63, 3.8) is 0 Å². The van der Waals surface area contributed by atoms with Gasteiger partial charge in [-0.15, -0.1) is 0 Å². The highest BCUT2D eigenvalue weighted by molar-refractivity contribution is 6.02. The van der Waals surface area contributed by atoms with Gasteiger partial charge in [0.15, 0.2) is 0 Å². The summed E-state index contributed by atoms with van der Waals surface area (Å²) in [5, 5.41) is 2.75. The molecule has 4 aromatic rings. The number of amides is 1. The van der Waals surface area contributed by atoms with Crippen molar-refractivity contribution in [1.82, 2.24) is 29.2 Å². The molecule has 0 bridgehead atoms. The molecule has 5 heterocycles. The SMILES string of the molecule is COCCCOCN1CCC[C@@H](c2nc(-c3ccc(C(=O)Nc4ccccn4)nc3)c3c(N)nccn23)C1. The summed E-state index contributed by atoms with van der Waals surface area (Å²) in [4.78, 5) is 32.8. The number of nitrogens with one attached hydrogen (secondary N) is 1. The van der Waals surface area contributed by atoms with Crippen molar-refractivity contribution < 1.29 is 14.3 Å². The quantitative estimate of drug-likeness (QED) is 0.305. The van der Waals surface area contributed by atoms with Gasteiger partial charge in [-0.3, -0.25) is 19.1 Å². The van der Waals surface area contributed by atoms with Crippen molar-refractivity contribution in [2.24, 2.45) is 0 Å². The monoisotopic (exact) mass is 516 g/mol. The Morgan fingerprint density at radius 1 is 1.16 bits per heavy atom. The summed E-state index contributed by atoms with van der Waals surface area (Å²) in [5.74, 6) is 1.68. The average molecular weight is 517 g/mol. The molecule has 1 atom stereocenters. The van der Waals surface area contributed by atoms with Crippen LogP contribution >= 0.6 is 0 Å². The second-order valence-corrected chi connectivity index (χ2v) is 9.25. The smallest absolute Gasteiger partial charge is 0.275 e. The number of pyridine rings is 2. The van der Waals surface area contributed by atoms with Crippen LogP contribution in [0.4, 0.5) is 11.6 Å². The second kappa shape index (κ2) is 12.1. The number of nitrogen functional groups attached to an aromatic ring is 1. The van der Waals surface area contributed by atoms with Crippen molar-refractivity contribution in [3.8, 4) is 11.3 Å². The van der Waals surface area contributed by atoms with E-state index in [1.54, 1.807) is 50.0 Å². The summed E-state index contributed by atoms with van der Waals surface area (Å²) < 4.78 is 13.0. The zero-order chi connectivity index (χ0) is 26.3. The number of anilines is 2. The molecule has 1 aliphatic rings. The number of carbonyl (C=O) groups excluding carboxylic acids is 1. The third-order valence-corrected chi connectivity index (χ3v) is 6.57. The second-order valence-electron chi connectivity index (χ2n) is 9.25. The molecule has 0 aliphatic carbocycles. The molecular formula is C27H32N8O3. The number of hydrogen-bond acceptors (Lipinski definition) is 9. The zero-order valence-corrected chi connectivity index (χ0v) is 21.4. The number of nitrogens with two attached hydrogens (primary N) is 1. The molecule has 11 heteroatoms. The summed E-state index contributed by atoms with van der Waals surface area (Å²) in [6, 6.07) is 8.82. The van der Waals surface area contributed by atoms with Gasteiger partial charge in [-0.25, -0.2) is 15.0 Å². The van der Waals surface area contributed by atoms with E-state index in [1.807, 2.05) is 16.7 Å². The molecule has 38 heavy (non-hydrogen) atoms. The Kier molecular flexibility index (Phi) is 8.17. The molecule has 1 fully saturated rings. The highest BCUT2D eigenvalue weighted by Crippen LogP contribution is 2.33. The van der Waals surface area contributed by atoms with E-state index in [2.05, 4.69) is 25.2 Å². The van der Waals surface area contributed by atoms with Gasteiger partial charge < -0.3 is 20.5 Å². The zero-order valence-electron chi connectivity index (χ0n) is 21.4. The van der Waals surface area contributed by atoms with Crippen molar-refractivity contribution in [1.29, 1.82) is 0 Å². The fraction of sp³-hybridized carbons (Fsp3) is 0.370. The van der Waals surface area contributed by atoms with Crippen LogP contribution in [0.15, 0.2) is 55.1 Å². The molecule has 0 aromatic carbocycles. The molecule has 198 valence electrons. The van der Waals surface area contributed by atoms with Gasteiger partial charge in [0.1, 0.15) is 34.4 Å². The summed E-state index contributed by atoms with van der Waals surface area (Å²) in [5.41, 5.74) is 8.81. The van der Waals surface area contributed by atoms with Crippen LogP contribution in [-0.4, -0.2) is 75.3 Å². The topological polar surface area (TPSA) is 133 Å². The molecular weight excluding hydrogens is 484 g/mol. The van der Waals surface area contributed by atoms with Gasteiger partial charge in [-0.05, 0) is 43.5 Å². The first-order valence-electron chi connectivity index (χ1n) is 12.7. The lowest BCUT2D eigenvalue weighted by molar-refractivity contribution is 0.00673. The lowest BCUT2D eigenvalue weighted by atomic mass is 9.97. The molecule has 4 aromatic heterocycles. The average Bonchev–Trinajstić information content (AvgIpc) is 3.35. The van der Waals surface area contributed by atoms with Gasteiger partial charge >= 0.3 is 0 Å². The predicted octanol–water partition coefficient (Wildman–Crippen LogP) is 3.21. The van der Waals surface area contributed by atoms with Gasteiger partial charge in [0, 0.05) is 63.1 Å². The molecule has 0 radical (unpaired) electrons. The Hall–Kier alpha value is -3.93. The molecule has 1 amide bonds. The Bertz CT molecular complexity index is 1360. The maximum absolute atomic E-state index is 12.6. The van der Waals surface area contributed by atoms with Crippen LogP contribution in [0.3, 0.4) is 0 Å². The van der Waals surface area contributed by atoms with Crippen LogP contribution < -0.4 is 11.1 Å². The van der Waals surface area contributed by atoms with Gasteiger partial charge in [-0.2, -0.15) is 0 Å². The number of rotatable bonds is 10. The minimum Gasteiger partial charge on any atom is -0.385 e. The molecule has 3 N–H and O–H groups in total. The minimum atomic E-state index is -0.335. The van der Waals surface area contributed by atoms with E-state index in [0.717, 1.165) is 49.3 Å². The van der Waals surface area contributed by atoms with Gasteiger partial charge in [-0.1, -0.05) is 6.07 Å². The highest BCUT2D eigenvalue weighted by atomic mass is 16.5. The van der Waals surface area contributed by atoms with Crippen LogP contribution in [0.2, 0.25) is 0 Å². The Labute approximate surface area is 221 Å². The molecule has 1 aliphatic heterocycles. The molecule has 0 saturated carbocycles. The predicted molar refractivity (Wildman–Crippen MR) is 144 cm³/mol. The number of methoxy groups -OCH3 is 1. The molecule has 0 unspecified atom stereocenters. The number of aromatic nitrogens is 5. The first kappa shape index (κ1) is 25.7. The van der Waals surface area contributed by atoms with Crippen LogP contribution in [0.25, 0.3) is 16.8 Å². The minimum absolute atomic E-state index is 0.214. The third-order valence-electron chi connectivity index (χ3n) is 6.57. The molecule has 11 nitrogen and oxygen atoms in total. The Morgan fingerprint density at radius 2 is 2.08 bits per heavy atom. The normalized spacial score (nSPS) is 16.1. The fourth-order valence-corrected chi connectivity index (χ4v) is 4.74. The standard InChI is InChI=1S/C27H32N8O3/c1-37-14-5-15-38-18-34-12-4-6-20(17-34)26-33-23(24-25(28)30-11-13-35(24)26)19-8-9-21(31-16-19)27(36)32-22-7-2-3-10-29-22/h2-3,7-11,13,16,20H,4-6,12,14-15,17-18H2,1H3,(H2,28,30)(H,29,32,36)/t20-/m1/s1. The van der Waals surface area contributed by atoms with Gasteiger partial charge in [0.2, 0.25) is 0 Å². The first-order valence-corrected chi connectivity index (χ1v) is 12.7. The van der Waals surface area contributed by atoms with Crippen molar-refractivity contribution in [2.75, 3.05) is 51.2 Å². The Balaban J connectivity index is 1.36. The van der Waals surface area contributed by atoms with Crippen molar-refractivity contribution in [2.45, 2.75) is 25.2 Å². The largest absolute Gasteiger partial charge is 0.385 e. The molecule has 1 saturated heterocycles. The number of imidazole rings is 1. The molecule has 5 rings (SSSR count). The Morgan fingerprint density at radius 3 is 2.87 bits per heavy atom. The number of piperidine rings is 1. The number of likely N-dealkylation sites (tertiary alicyclic amines) is 1. The third kappa shape index (κ3) is 5.80. The van der Waals surface area contributed by atoms with E-state index >= 15 is 0 Å². The van der Waals surface area contributed by atoms with Crippen LogP contribution in [-0.2, 0) is 9.47 Å². The van der Waals surface area contributed by atoms with E-state index in [4.69, 9.17) is 20.2 Å². The number of fused-ring (bicyclic) bond motifs is 1. The van der Waals surface area contributed by atoms with E-state index in [1.165, 1.54) is 0 Å². The lowest BCUT2D eigenvalue weighted by Crippen LogP contribution is -2.36. The van der Waals surface area contributed by atoms with Crippen molar-refractivity contribution >= 4 is 23.1 Å². The maximum Gasteiger partial charge on any atom is 0.275 e. The van der Waals surface area contributed by atoms with Crippen LogP contribution in [0.5, 0.6) is 0 Å². The number of hydrogen-bond donors (Lipinski definition) is 2. The maximum atomic E-state index is 12.6. The summed E-state index contributed by atoms with van der Waals surface area (Å²) in [6.45, 7) is 3.80. The van der Waals surface area contributed by atoms with Crippen LogP contribution in [0.1, 0.15) is 41.5 Å². The first-order chi connectivity index (χ1) is 18.6. The fourth-order valence-electron chi connectivity index (χ4n) is 4.74. The highest BCUT2D eigenvalue weighted by Gasteiger charge is 2.27. The number of ether oxygens (including phenoxy) is 2. The summed E-state index contributed by atoms with van der Waals surface area (Å²) in [6.07, 6.45) is 9.82. The number of nitrogens with zero attached hydrogens (tertiary/aromatic N) is 6. The van der Waals surface area contributed by atoms with Gasteiger partial charge in [0.25, 0.3) is 5.91 Å². The summed E-state index contributed by atoms with van der Waals surface area (Å²) >= 11 is 0.